The van der Waals surface area contributed by atoms with Gasteiger partial charge in [0.2, 0.25) is 0 Å². The number of halogens is 1. The van der Waals surface area contributed by atoms with E-state index in [2.05, 4.69) is 28.4 Å². The first-order chi connectivity index (χ1) is 9.61. The van der Waals surface area contributed by atoms with E-state index in [1.165, 1.54) is 5.56 Å². The third kappa shape index (κ3) is 3.58. The number of hydrogen-bond acceptors (Lipinski definition) is 3. The van der Waals surface area contributed by atoms with E-state index < -0.39 is 0 Å². The first kappa shape index (κ1) is 15.0. The highest BCUT2D eigenvalue weighted by molar-refractivity contribution is 6.30. The molecule has 108 valence electrons. The van der Waals surface area contributed by atoms with Crippen LogP contribution in [0.5, 0.6) is 0 Å². The van der Waals surface area contributed by atoms with Crippen LogP contribution < -0.4 is 5.32 Å². The smallest absolute Gasteiger partial charge is 0.130 e. The largest absolute Gasteiger partial charge is 0.314 e. The van der Waals surface area contributed by atoms with Crippen LogP contribution in [0, 0.1) is 6.92 Å². The van der Waals surface area contributed by atoms with Crippen LogP contribution in [-0.2, 0) is 19.9 Å². The molecule has 1 N–H and O–H groups in total. The summed E-state index contributed by atoms with van der Waals surface area (Å²) >= 11 is 6.32. The molecule has 1 atom stereocenters. The fourth-order valence-corrected chi connectivity index (χ4v) is 2.71. The molecule has 0 amide bonds. The number of hydrogen-bond donors (Lipinski definition) is 1. The van der Waals surface area contributed by atoms with Crippen molar-refractivity contribution in [3.05, 3.63) is 46.5 Å². The molecule has 1 unspecified atom stereocenters. The van der Waals surface area contributed by atoms with Gasteiger partial charge in [0.05, 0.1) is 5.69 Å². The number of pyridine rings is 1. The number of nitrogens with zero attached hydrogens (tertiary/aromatic N) is 3. The maximum Gasteiger partial charge on any atom is 0.130 e. The molecule has 0 aromatic carbocycles. The summed E-state index contributed by atoms with van der Waals surface area (Å²) in [5, 5.41) is 8.63. The Morgan fingerprint density at radius 1 is 1.40 bits per heavy atom. The van der Waals surface area contributed by atoms with Gasteiger partial charge >= 0.3 is 0 Å². The Kier molecular flexibility index (Phi) is 5.15. The van der Waals surface area contributed by atoms with Crippen LogP contribution in [-0.4, -0.2) is 27.4 Å². The minimum absolute atomic E-state index is 0.338. The number of aryl methyl sites for hydroxylation is 2. The SMILES string of the molecule is CCNC(Cc1cccnc1)Cc1c(C)nn(C)c1Cl. The van der Waals surface area contributed by atoms with Crippen LogP contribution in [0.15, 0.2) is 24.5 Å². The Bertz CT molecular complexity index is 551. The Morgan fingerprint density at radius 3 is 2.75 bits per heavy atom. The minimum atomic E-state index is 0.338. The van der Waals surface area contributed by atoms with E-state index in [9.17, 15) is 0 Å². The molecule has 5 heteroatoms. The molecule has 2 aromatic rings. The second kappa shape index (κ2) is 6.86. The van der Waals surface area contributed by atoms with Crippen molar-refractivity contribution < 1.29 is 0 Å². The van der Waals surface area contributed by atoms with Crippen molar-refractivity contribution in [1.82, 2.24) is 20.1 Å². The molecule has 2 aromatic heterocycles. The zero-order valence-corrected chi connectivity index (χ0v) is 13.0. The van der Waals surface area contributed by atoms with Gasteiger partial charge in [0, 0.05) is 31.0 Å². The molecule has 2 heterocycles. The lowest BCUT2D eigenvalue weighted by Crippen LogP contribution is -2.33. The van der Waals surface area contributed by atoms with E-state index in [0.29, 0.717) is 6.04 Å². The first-order valence-corrected chi connectivity index (χ1v) is 7.29. The normalized spacial score (nSPS) is 12.6. The van der Waals surface area contributed by atoms with Gasteiger partial charge in [0.1, 0.15) is 5.15 Å². The molecular weight excluding hydrogens is 272 g/mol. The second-order valence-corrected chi connectivity index (χ2v) is 5.36. The zero-order chi connectivity index (χ0) is 14.5. The van der Waals surface area contributed by atoms with Crippen LogP contribution in [0.2, 0.25) is 5.15 Å². The van der Waals surface area contributed by atoms with E-state index in [-0.39, 0.29) is 0 Å². The molecule has 4 nitrogen and oxygen atoms in total. The number of rotatable bonds is 6. The van der Waals surface area contributed by atoms with Crippen molar-refractivity contribution >= 4 is 11.6 Å². The van der Waals surface area contributed by atoms with Gasteiger partial charge in [0.25, 0.3) is 0 Å². The monoisotopic (exact) mass is 292 g/mol. The highest BCUT2D eigenvalue weighted by Crippen LogP contribution is 2.21. The Morgan fingerprint density at radius 2 is 2.20 bits per heavy atom. The first-order valence-electron chi connectivity index (χ1n) is 6.92. The fourth-order valence-electron chi connectivity index (χ4n) is 2.46. The van der Waals surface area contributed by atoms with Crippen molar-refractivity contribution in [3.63, 3.8) is 0 Å². The van der Waals surface area contributed by atoms with Gasteiger partial charge in [-0.3, -0.25) is 9.67 Å². The van der Waals surface area contributed by atoms with Crippen molar-refractivity contribution in [3.8, 4) is 0 Å². The fraction of sp³-hybridized carbons (Fsp3) is 0.467. The summed E-state index contributed by atoms with van der Waals surface area (Å²) in [6, 6.07) is 4.42. The van der Waals surface area contributed by atoms with Gasteiger partial charge in [-0.25, -0.2) is 0 Å². The summed E-state index contributed by atoms with van der Waals surface area (Å²) in [6.45, 7) is 5.06. The van der Waals surface area contributed by atoms with Gasteiger partial charge in [-0.05, 0) is 37.9 Å². The molecule has 0 spiro atoms. The maximum atomic E-state index is 6.32. The van der Waals surface area contributed by atoms with E-state index in [0.717, 1.165) is 35.8 Å². The third-order valence-corrected chi connectivity index (χ3v) is 3.89. The highest BCUT2D eigenvalue weighted by Gasteiger charge is 2.17. The number of aromatic nitrogens is 3. The van der Waals surface area contributed by atoms with Crippen LogP contribution in [0.3, 0.4) is 0 Å². The predicted molar refractivity (Wildman–Crippen MR) is 82.1 cm³/mol. The lowest BCUT2D eigenvalue weighted by Gasteiger charge is -2.18. The van der Waals surface area contributed by atoms with Crippen molar-refractivity contribution in [2.75, 3.05) is 6.54 Å². The minimum Gasteiger partial charge on any atom is -0.314 e. The van der Waals surface area contributed by atoms with Crippen LogP contribution >= 0.6 is 11.6 Å². The molecule has 0 aliphatic carbocycles. The van der Waals surface area contributed by atoms with Gasteiger partial charge < -0.3 is 5.32 Å². The molecule has 0 fully saturated rings. The molecule has 20 heavy (non-hydrogen) atoms. The molecule has 0 saturated carbocycles. The van der Waals surface area contributed by atoms with E-state index in [1.807, 2.05) is 26.2 Å². The summed E-state index contributed by atoms with van der Waals surface area (Å²) < 4.78 is 1.74. The van der Waals surface area contributed by atoms with Gasteiger partial charge in [0.15, 0.2) is 0 Å². The summed E-state index contributed by atoms with van der Waals surface area (Å²) in [5.74, 6) is 0. The molecule has 0 aliphatic heterocycles. The summed E-state index contributed by atoms with van der Waals surface area (Å²) in [7, 11) is 1.88. The average molecular weight is 293 g/mol. The lowest BCUT2D eigenvalue weighted by molar-refractivity contribution is 0.520. The predicted octanol–water partition coefficient (Wildman–Crippen LogP) is 2.54. The standard InChI is InChI=1S/C15H21ClN4/c1-4-18-13(8-12-6-5-7-17-10-12)9-14-11(2)19-20(3)15(14)16/h5-7,10,13,18H,4,8-9H2,1-3H3. The maximum absolute atomic E-state index is 6.32. The topological polar surface area (TPSA) is 42.7 Å². The second-order valence-electron chi connectivity index (χ2n) is 5.00. The van der Waals surface area contributed by atoms with Gasteiger partial charge in [-0.15, -0.1) is 0 Å². The summed E-state index contributed by atoms with van der Waals surface area (Å²) in [5.41, 5.74) is 3.37. The van der Waals surface area contributed by atoms with E-state index >= 15 is 0 Å². The molecule has 0 saturated heterocycles. The Labute approximate surface area is 125 Å². The van der Waals surface area contributed by atoms with Crippen LogP contribution in [0.1, 0.15) is 23.7 Å². The van der Waals surface area contributed by atoms with Crippen LogP contribution in [0.4, 0.5) is 0 Å². The van der Waals surface area contributed by atoms with Gasteiger partial charge in [-0.2, -0.15) is 5.10 Å². The Balaban J connectivity index is 2.13. The van der Waals surface area contributed by atoms with Gasteiger partial charge in [-0.1, -0.05) is 24.6 Å². The molecule has 0 radical (unpaired) electrons. The van der Waals surface area contributed by atoms with Crippen molar-refractivity contribution in [1.29, 1.82) is 0 Å². The highest BCUT2D eigenvalue weighted by atomic mass is 35.5. The summed E-state index contributed by atoms with van der Waals surface area (Å²) in [6.07, 6.45) is 5.53. The molecular formula is C15H21ClN4. The molecule has 2 rings (SSSR count). The number of likely N-dealkylation sites (N-methyl/N-ethyl adjacent to an activating group) is 1. The zero-order valence-electron chi connectivity index (χ0n) is 12.2. The number of nitrogens with one attached hydrogen (secondary N) is 1. The van der Waals surface area contributed by atoms with Crippen molar-refractivity contribution in [2.24, 2.45) is 7.05 Å². The quantitative estimate of drug-likeness (QED) is 0.890. The van der Waals surface area contributed by atoms with E-state index in [1.54, 1.807) is 10.9 Å². The summed E-state index contributed by atoms with van der Waals surface area (Å²) in [4.78, 5) is 4.17. The van der Waals surface area contributed by atoms with E-state index in [4.69, 9.17) is 11.6 Å². The third-order valence-electron chi connectivity index (χ3n) is 3.42. The average Bonchev–Trinajstić information content (AvgIpc) is 2.67. The Hall–Kier alpha value is -1.39. The lowest BCUT2D eigenvalue weighted by atomic mass is 10.0. The molecule has 0 aliphatic rings. The van der Waals surface area contributed by atoms with Crippen molar-refractivity contribution in [2.45, 2.75) is 32.7 Å². The molecule has 0 bridgehead atoms. The van der Waals surface area contributed by atoms with Crippen LogP contribution in [0.25, 0.3) is 0 Å².